The standard InChI is InChI=1S/C18H22N2O2/c1-12(2)15-10-18(22-5)16(11-17(15)21-4)20-19-14-8-6-13(3)7-9-14/h6-12H,1-5H3. The van der Waals surface area contributed by atoms with Crippen LogP contribution >= 0.6 is 0 Å². The molecule has 4 heteroatoms. The number of azo groups is 1. The predicted molar refractivity (Wildman–Crippen MR) is 89.0 cm³/mol. The molecule has 22 heavy (non-hydrogen) atoms. The first-order valence-electron chi connectivity index (χ1n) is 7.29. The van der Waals surface area contributed by atoms with E-state index in [1.807, 2.05) is 43.3 Å². The highest BCUT2D eigenvalue weighted by molar-refractivity contribution is 5.59. The van der Waals surface area contributed by atoms with Crippen molar-refractivity contribution in [1.82, 2.24) is 0 Å². The topological polar surface area (TPSA) is 43.2 Å². The summed E-state index contributed by atoms with van der Waals surface area (Å²) in [5.74, 6) is 1.83. The van der Waals surface area contributed by atoms with Crippen LogP contribution in [-0.4, -0.2) is 14.2 Å². The highest BCUT2D eigenvalue weighted by Gasteiger charge is 2.13. The lowest BCUT2D eigenvalue weighted by atomic mass is 10.0. The van der Waals surface area contributed by atoms with Gasteiger partial charge < -0.3 is 9.47 Å². The summed E-state index contributed by atoms with van der Waals surface area (Å²) in [6.07, 6.45) is 0. The maximum absolute atomic E-state index is 5.46. The lowest BCUT2D eigenvalue weighted by Crippen LogP contribution is -1.96. The third kappa shape index (κ3) is 3.64. The average Bonchev–Trinajstić information content (AvgIpc) is 2.53. The van der Waals surface area contributed by atoms with Gasteiger partial charge in [-0.2, -0.15) is 5.11 Å². The molecule has 116 valence electrons. The van der Waals surface area contributed by atoms with Crippen LogP contribution in [0.3, 0.4) is 0 Å². The fourth-order valence-electron chi connectivity index (χ4n) is 2.16. The Balaban J connectivity index is 2.39. The van der Waals surface area contributed by atoms with Gasteiger partial charge in [0.1, 0.15) is 17.2 Å². The molecule has 0 aliphatic heterocycles. The zero-order valence-electron chi connectivity index (χ0n) is 13.8. The Morgan fingerprint density at radius 1 is 0.864 bits per heavy atom. The van der Waals surface area contributed by atoms with E-state index >= 15 is 0 Å². The van der Waals surface area contributed by atoms with Gasteiger partial charge in [-0.3, -0.25) is 0 Å². The lowest BCUT2D eigenvalue weighted by molar-refractivity contribution is 0.397. The predicted octanol–water partition coefficient (Wildman–Crippen LogP) is 5.55. The van der Waals surface area contributed by atoms with Gasteiger partial charge in [0.15, 0.2) is 0 Å². The minimum atomic E-state index is 0.340. The average molecular weight is 298 g/mol. The molecule has 0 saturated carbocycles. The molecule has 0 N–H and O–H groups in total. The minimum absolute atomic E-state index is 0.340. The van der Waals surface area contributed by atoms with Crippen LogP contribution < -0.4 is 9.47 Å². The molecule has 0 aliphatic rings. The van der Waals surface area contributed by atoms with Crippen molar-refractivity contribution < 1.29 is 9.47 Å². The van der Waals surface area contributed by atoms with Gasteiger partial charge in [-0.25, -0.2) is 0 Å². The largest absolute Gasteiger partial charge is 0.496 e. The summed E-state index contributed by atoms with van der Waals surface area (Å²) in [4.78, 5) is 0. The first kappa shape index (κ1) is 16.0. The smallest absolute Gasteiger partial charge is 0.146 e. The third-order valence-corrected chi connectivity index (χ3v) is 3.46. The van der Waals surface area contributed by atoms with Gasteiger partial charge in [-0.15, -0.1) is 5.11 Å². The molecule has 0 atom stereocenters. The van der Waals surface area contributed by atoms with Gasteiger partial charge in [0, 0.05) is 11.6 Å². The van der Waals surface area contributed by atoms with Crippen LogP contribution in [0.2, 0.25) is 0 Å². The van der Waals surface area contributed by atoms with Crippen molar-refractivity contribution in [3.63, 3.8) is 0 Å². The number of hydrogen-bond donors (Lipinski definition) is 0. The van der Waals surface area contributed by atoms with Crippen molar-refractivity contribution in [2.45, 2.75) is 26.7 Å². The molecule has 2 aromatic carbocycles. The zero-order chi connectivity index (χ0) is 16.1. The summed E-state index contributed by atoms with van der Waals surface area (Å²) in [5.41, 5.74) is 3.75. The van der Waals surface area contributed by atoms with Gasteiger partial charge >= 0.3 is 0 Å². The van der Waals surface area contributed by atoms with Crippen molar-refractivity contribution >= 4 is 11.4 Å². The number of methoxy groups -OCH3 is 2. The van der Waals surface area contributed by atoms with E-state index in [1.165, 1.54) is 5.56 Å². The van der Waals surface area contributed by atoms with E-state index in [0.717, 1.165) is 17.0 Å². The summed E-state index contributed by atoms with van der Waals surface area (Å²) in [6.45, 7) is 6.27. The summed E-state index contributed by atoms with van der Waals surface area (Å²) < 4.78 is 10.9. The van der Waals surface area contributed by atoms with Crippen LogP contribution in [0, 0.1) is 6.92 Å². The molecule has 0 amide bonds. The van der Waals surface area contributed by atoms with Crippen molar-refractivity contribution in [2.75, 3.05) is 14.2 Å². The molecule has 0 spiro atoms. The van der Waals surface area contributed by atoms with Gasteiger partial charge in [0.25, 0.3) is 0 Å². The van der Waals surface area contributed by atoms with E-state index in [9.17, 15) is 0 Å². The molecule has 0 heterocycles. The van der Waals surface area contributed by atoms with E-state index < -0.39 is 0 Å². The first-order chi connectivity index (χ1) is 10.5. The Kier molecular flexibility index (Phi) is 5.15. The Morgan fingerprint density at radius 2 is 1.50 bits per heavy atom. The molecule has 0 aromatic heterocycles. The first-order valence-corrected chi connectivity index (χ1v) is 7.29. The molecule has 0 unspecified atom stereocenters. The molecule has 0 radical (unpaired) electrons. The summed E-state index contributed by atoms with van der Waals surface area (Å²) in [7, 11) is 3.30. The van der Waals surface area contributed by atoms with Crippen LogP contribution in [0.1, 0.15) is 30.9 Å². The van der Waals surface area contributed by atoms with Crippen LogP contribution in [0.15, 0.2) is 46.6 Å². The Labute approximate surface area is 131 Å². The van der Waals surface area contributed by atoms with Crippen molar-refractivity contribution in [3.8, 4) is 11.5 Å². The summed E-state index contributed by atoms with van der Waals surface area (Å²) >= 11 is 0. The maximum Gasteiger partial charge on any atom is 0.146 e. The SMILES string of the molecule is COc1cc(C(C)C)c(OC)cc1N=Nc1ccc(C)cc1. The molecule has 4 nitrogen and oxygen atoms in total. The molecular weight excluding hydrogens is 276 g/mol. The van der Waals surface area contributed by atoms with Crippen LogP contribution in [0.5, 0.6) is 11.5 Å². The molecule has 0 aliphatic carbocycles. The summed E-state index contributed by atoms with van der Waals surface area (Å²) in [6, 6.07) is 11.7. The van der Waals surface area contributed by atoms with E-state index in [2.05, 4.69) is 24.1 Å². The van der Waals surface area contributed by atoms with Crippen molar-refractivity contribution in [1.29, 1.82) is 0 Å². The number of rotatable bonds is 5. The second-order valence-electron chi connectivity index (χ2n) is 5.46. The van der Waals surface area contributed by atoms with Crippen molar-refractivity contribution in [2.24, 2.45) is 10.2 Å². The number of hydrogen-bond acceptors (Lipinski definition) is 4. The molecule has 0 saturated heterocycles. The highest BCUT2D eigenvalue weighted by atomic mass is 16.5. The van der Waals surface area contributed by atoms with Crippen LogP contribution in [-0.2, 0) is 0 Å². The van der Waals surface area contributed by atoms with E-state index in [1.54, 1.807) is 14.2 Å². The molecular formula is C18H22N2O2. The normalized spacial score (nSPS) is 11.2. The van der Waals surface area contributed by atoms with Crippen LogP contribution in [0.25, 0.3) is 0 Å². The molecule has 2 rings (SSSR count). The van der Waals surface area contributed by atoms with Crippen LogP contribution in [0.4, 0.5) is 11.4 Å². The number of aryl methyl sites for hydroxylation is 1. The third-order valence-electron chi connectivity index (χ3n) is 3.46. The minimum Gasteiger partial charge on any atom is -0.496 e. The molecule has 0 bridgehead atoms. The fourth-order valence-corrected chi connectivity index (χ4v) is 2.16. The van der Waals surface area contributed by atoms with Gasteiger partial charge in [0.05, 0.1) is 19.9 Å². The molecule has 2 aromatic rings. The van der Waals surface area contributed by atoms with Gasteiger partial charge in [0.2, 0.25) is 0 Å². The quantitative estimate of drug-likeness (QED) is 0.679. The maximum atomic E-state index is 5.46. The van der Waals surface area contributed by atoms with Gasteiger partial charge in [-0.05, 0) is 31.0 Å². The fraction of sp³-hybridized carbons (Fsp3) is 0.333. The van der Waals surface area contributed by atoms with E-state index in [0.29, 0.717) is 17.4 Å². The second-order valence-corrected chi connectivity index (χ2v) is 5.46. The number of nitrogens with zero attached hydrogens (tertiary/aromatic N) is 2. The molecule has 0 fully saturated rings. The highest BCUT2D eigenvalue weighted by Crippen LogP contribution is 2.38. The Morgan fingerprint density at radius 3 is 2.05 bits per heavy atom. The zero-order valence-corrected chi connectivity index (χ0v) is 13.8. The second kappa shape index (κ2) is 7.07. The summed E-state index contributed by atoms with van der Waals surface area (Å²) in [5, 5.41) is 8.57. The number of benzene rings is 2. The van der Waals surface area contributed by atoms with Gasteiger partial charge in [-0.1, -0.05) is 31.5 Å². The van der Waals surface area contributed by atoms with E-state index in [-0.39, 0.29) is 0 Å². The lowest BCUT2D eigenvalue weighted by Gasteiger charge is -2.14. The monoisotopic (exact) mass is 298 g/mol. The Hall–Kier alpha value is -2.36. The number of ether oxygens (including phenoxy) is 2. The van der Waals surface area contributed by atoms with E-state index in [4.69, 9.17) is 9.47 Å². The van der Waals surface area contributed by atoms with Crippen molar-refractivity contribution in [3.05, 3.63) is 47.5 Å². The Bertz CT molecular complexity index is 662.